The van der Waals surface area contributed by atoms with Crippen molar-refractivity contribution in [3.63, 3.8) is 0 Å². The number of aromatic nitrogens is 2. The van der Waals surface area contributed by atoms with Gasteiger partial charge in [0.2, 0.25) is 11.8 Å². The van der Waals surface area contributed by atoms with Crippen molar-refractivity contribution in [2.24, 2.45) is 0 Å². The number of carbonyl (C=O) groups is 3. The van der Waals surface area contributed by atoms with E-state index in [9.17, 15) is 14.4 Å². The van der Waals surface area contributed by atoms with Crippen LogP contribution in [-0.2, 0) is 11.3 Å². The minimum atomic E-state index is -0.359. The first-order valence-corrected chi connectivity index (χ1v) is 9.18. The molecule has 3 amide bonds. The average Bonchev–Trinajstić information content (AvgIpc) is 3.41. The van der Waals surface area contributed by atoms with Crippen LogP contribution in [0.2, 0.25) is 0 Å². The molecule has 1 aliphatic heterocycles. The molecule has 0 unspecified atom stereocenters. The molecule has 8 heteroatoms. The Balaban J connectivity index is 1.27. The predicted octanol–water partition coefficient (Wildman–Crippen LogP) is 2.03. The minimum absolute atomic E-state index is 0.0266. The fraction of sp³-hybridized carbons (Fsp3) is 0.421. The van der Waals surface area contributed by atoms with E-state index in [-0.39, 0.29) is 37.2 Å². The third kappa shape index (κ3) is 3.47. The van der Waals surface area contributed by atoms with Crippen LogP contribution in [-0.4, -0.2) is 39.3 Å². The SMILES string of the molecule is O=C(CCN1C(=O)c2ccccc2C1=O)NCc1noc(C2CCCC2)n1. The van der Waals surface area contributed by atoms with Crippen LogP contribution in [0.4, 0.5) is 0 Å². The summed E-state index contributed by atoms with van der Waals surface area (Å²) in [7, 11) is 0. The zero-order valence-electron chi connectivity index (χ0n) is 14.8. The van der Waals surface area contributed by atoms with Gasteiger partial charge in [-0.15, -0.1) is 0 Å². The van der Waals surface area contributed by atoms with Gasteiger partial charge in [-0.2, -0.15) is 4.98 Å². The summed E-state index contributed by atoms with van der Waals surface area (Å²) in [5.74, 6) is 0.411. The van der Waals surface area contributed by atoms with Gasteiger partial charge in [0.25, 0.3) is 11.8 Å². The molecule has 1 N–H and O–H groups in total. The van der Waals surface area contributed by atoms with Crippen molar-refractivity contribution >= 4 is 17.7 Å². The minimum Gasteiger partial charge on any atom is -0.349 e. The Kier molecular flexibility index (Phi) is 4.70. The van der Waals surface area contributed by atoms with Crippen LogP contribution in [0.25, 0.3) is 0 Å². The van der Waals surface area contributed by atoms with Crippen molar-refractivity contribution in [2.75, 3.05) is 6.54 Å². The molecule has 1 aliphatic carbocycles. The highest BCUT2D eigenvalue weighted by atomic mass is 16.5. The number of nitrogens with zero attached hydrogens (tertiary/aromatic N) is 3. The average molecular weight is 368 g/mol. The number of benzene rings is 1. The molecule has 1 saturated carbocycles. The maximum absolute atomic E-state index is 12.3. The van der Waals surface area contributed by atoms with Gasteiger partial charge in [-0.25, -0.2) is 0 Å². The van der Waals surface area contributed by atoms with Gasteiger partial charge >= 0.3 is 0 Å². The van der Waals surface area contributed by atoms with E-state index < -0.39 is 0 Å². The Hall–Kier alpha value is -3.03. The molecule has 1 fully saturated rings. The summed E-state index contributed by atoms with van der Waals surface area (Å²) in [5, 5.41) is 6.61. The predicted molar refractivity (Wildman–Crippen MR) is 93.8 cm³/mol. The lowest BCUT2D eigenvalue weighted by atomic mass is 10.1. The van der Waals surface area contributed by atoms with E-state index in [4.69, 9.17) is 4.52 Å². The fourth-order valence-electron chi connectivity index (χ4n) is 3.60. The first-order valence-electron chi connectivity index (χ1n) is 9.18. The summed E-state index contributed by atoms with van der Waals surface area (Å²) in [6.07, 6.45) is 4.51. The van der Waals surface area contributed by atoms with Gasteiger partial charge in [0, 0.05) is 18.9 Å². The van der Waals surface area contributed by atoms with E-state index in [2.05, 4.69) is 15.5 Å². The monoisotopic (exact) mass is 368 g/mol. The van der Waals surface area contributed by atoms with E-state index in [1.165, 1.54) is 12.8 Å². The van der Waals surface area contributed by atoms with Gasteiger partial charge < -0.3 is 9.84 Å². The van der Waals surface area contributed by atoms with Gasteiger partial charge in [-0.3, -0.25) is 19.3 Å². The number of rotatable bonds is 6. The van der Waals surface area contributed by atoms with Gasteiger partial charge in [0.05, 0.1) is 17.7 Å². The highest BCUT2D eigenvalue weighted by Crippen LogP contribution is 2.32. The first-order chi connectivity index (χ1) is 13.1. The van der Waals surface area contributed by atoms with Crippen molar-refractivity contribution in [2.45, 2.75) is 44.6 Å². The molecule has 4 rings (SSSR count). The second-order valence-corrected chi connectivity index (χ2v) is 6.86. The third-order valence-electron chi connectivity index (χ3n) is 5.07. The highest BCUT2D eigenvalue weighted by molar-refractivity contribution is 6.21. The maximum Gasteiger partial charge on any atom is 0.261 e. The number of imide groups is 1. The van der Waals surface area contributed by atoms with E-state index in [0.29, 0.717) is 28.8 Å². The van der Waals surface area contributed by atoms with Crippen molar-refractivity contribution in [3.05, 3.63) is 47.1 Å². The number of nitrogens with one attached hydrogen (secondary N) is 1. The lowest BCUT2D eigenvalue weighted by Gasteiger charge is -2.13. The van der Waals surface area contributed by atoms with Crippen LogP contribution in [0, 0.1) is 0 Å². The van der Waals surface area contributed by atoms with Crippen molar-refractivity contribution in [3.8, 4) is 0 Å². The third-order valence-corrected chi connectivity index (χ3v) is 5.07. The van der Waals surface area contributed by atoms with E-state index >= 15 is 0 Å². The van der Waals surface area contributed by atoms with E-state index in [0.717, 1.165) is 17.7 Å². The van der Waals surface area contributed by atoms with Crippen molar-refractivity contribution < 1.29 is 18.9 Å². The Morgan fingerprint density at radius 2 is 1.81 bits per heavy atom. The second-order valence-electron chi connectivity index (χ2n) is 6.86. The van der Waals surface area contributed by atoms with Gasteiger partial charge in [0.1, 0.15) is 0 Å². The van der Waals surface area contributed by atoms with Gasteiger partial charge in [0.15, 0.2) is 5.82 Å². The summed E-state index contributed by atoms with van der Waals surface area (Å²) in [5.41, 5.74) is 0.767. The molecule has 1 aromatic heterocycles. The van der Waals surface area contributed by atoms with E-state index in [1.54, 1.807) is 24.3 Å². The van der Waals surface area contributed by atoms with Crippen LogP contribution in [0.5, 0.6) is 0 Å². The standard InChI is InChI=1S/C19H20N4O4/c24-16(20-11-15-21-17(27-22-15)12-5-1-2-6-12)9-10-23-18(25)13-7-3-4-8-14(13)19(23)26/h3-4,7-8,12H,1-2,5-6,9-11H2,(H,20,24). The molecular formula is C19H20N4O4. The van der Waals surface area contributed by atoms with Crippen LogP contribution in [0.1, 0.15) is 70.5 Å². The number of carbonyl (C=O) groups excluding carboxylic acids is 3. The van der Waals surface area contributed by atoms with Crippen LogP contribution in [0.15, 0.2) is 28.8 Å². The largest absolute Gasteiger partial charge is 0.349 e. The molecule has 1 aromatic carbocycles. The summed E-state index contributed by atoms with van der Waals surface area (Å²) in [4.78, 5) is 42.1. The lowest BCUT2D eigenvalue weighted by Crippen LogP contribution is -2.34. The molecule has 0 saturated heterocycles. The zero-order chi connectivity index (χ0) is 18.8. The Morgan fingerprint density at radius 1 is 1.15 bits per heavy atom. The quantitative estimate of drug-likeness (QED) is 0.782. The maximum atomic E-state index is 12.3. The molecular weight excluding hydrogens is 348 g/mol. The smallest absolute Gasteiger partial charge is 0.261 e. The van der Waals surface area contributed by atoms with Crippen LogP contribution < -0.4 is 5.32 Å². The zero-order valence-corrected chi connectivity index (χ0v) is 14.8. The molecule has 0 spiro atoms. The number of amides is 3. The molecule has 0 atom stereocenters. The topological polar surface area (TPSA) is 105 Å². The van der Waals surface area contributed by atoms with Crippen molar-refractivity contribution in [1.29, 1.82) is 0 Å². The van der Waals surface area contributed by atoms with Gasteiger partial charge in [-0.05, 0) is 25.0 Å². The number of hydrogen-bond donors (Lipinski definition) is 1. The summed E-state index contributed by atoms with van der Waals surface area (Å²) < 4.78 is 5.28. The normalized spacial score (nSPS) is 16.8. The Bertz CT molecular complexity index is 850. The molecule has 0 bridgehead atoms. The Labute approximate surface area is 155 Å². The number of hydrogen-bond acceptors (Lipinski definition) is 6. The molecule has 140 valence electrons. The molecule has 2 aliphatic rings. The molecule has 2 heterocycles. The summed E-state index contributed by atoms with van der Waals surface area (Å²) in [6.45, 7) is 0.203. The second kappa shape index (κ2) is 7.30. The number of fused-ring (bicyclic) bond motifs is 1. The lowest BCUT2D eigenvalue weighted by molar-refractivity contribution is -0.121. The van der Waals surface area contributed by atoms with Crippen LogP contribution >= 0.6 is 0 Å². The molecule has 0 radical (unpaired) electrons. The summed E-state index contributed by atoms with van der Waals surface area (Å²) in [6, 6.07) is 6.66. The molecule has 8 nitrogen and oxygen atoms in total. The van der Waals surface area contributed by atoms with Crippen LogP contribution in [0.3, 0.4) is 0 Å². The first kappa shape index (κ1) is 17.4. The van der Waals surface area contributed by atoms with Gasteiger partial charge in [-0.1, -0.05) is 30.1 Å². The Morgan fingerprint density at radius 3 is 2.48 bits per heavy atom. The fourth-order valence-corrected chi connectivity index (χ4v) is 3.60. The van der Waals surface area contributed by atoms with E-state index in [1.807, 2.05) is 0 Å². The highest BCUT2D eigenvalue weighted by Gasteiger charge is 2.35. The molecule has 27 heavy (non-hydrogen) atoms. The molecule has 2 aromatic rings. The van der Waals surface area contributed by atoms with Crippen molar-refractivity contribution in [1.82, 2.24) is 20.4 Å². The summed E-state index contributed by atoms with van der Waals surface area (Å²) >= 11 is 0.